The van der Waals surface area contributed by atoms with Crippen molar-refractivity contribution < 1.29 is 9.53 Å². The van der Waals surface area contributed by atoms with Gasteiger partial charge < -0.3 is 14.6 Å². The van der Waals surface area contributed by atoms with Crippen LogP contribution in [0.4, 0.5) is 0 Å². The zero-order valence-electron chi connectivity index (χ0n) is 16.1. The highest BCUT2D eigenvalue weighted by molar-refractivity contribution is 5.94. The monoisotopic (exact) mass is 367 g/mol. The molecule has 2 saturated heterocycles. The van der Waals surface area contributed by atoms with Gasteiger partial charge in [0.1, 0.15) is 5.69 Å². The Labute approximate surface area is 161 Å². The Bertz CT molecular complexity index is 756. The van der Waals surface area contributed by atoms with Gasteiger partial charge in [-0.05, 0) is 55.6 Å². The van der Waals surface area contributed by atoms with E-state index in [-0.39, 0.29) is 5.91 Å². The van der Waals surface area contributed by atoms with Gasteiger partial charge in [0.05, 0.1) is 13.2 Å². The van der Waals surface area contributed by atoms with Crippen LogP contribution in [-0.2, 0) is 4.74 Å². The van der Waals surface area contributed by atoms with E-state index in [1.165, 1.54) is 37.9 Å². The molecule has 27 heavy (non-hydrogen) atoms. The number of H-pyrrole nitrogens is 1. The second-order valence-corrected chi connectivity index (χ2v) is 7.60. The Morgan fingerprint density at radius 2 is 1.70 bits per heavy atom. The fourth-order valence-electron chi connectivity index (χ4n) is 4.09. The summed E-state index contributed by atoms with van der Waals surface area (Å²) in [5.41, 5.74) is 4.21. The Balaban J connectivity index is 1.44. The van der Waals surface area contributed by atoms with Crippen molar-refractivity contribution in [3.8, 4) is 11.1 Å². The number of nitrogens with one attached hydrogen (secondary N) is 1. The first-order valence-electron chi connectivity index (χ1n) is 10.1. The smallest absolute Gasteiger partial charge is 0.270 e. The summed E-state index contributed by atoms with van der Waals surface area (Å²) in [6.45, 7) is 7.27. The lowest BCUT2D eigenvalue weighted by atomic mass is 10.00. The van der Waals surface area contributed by atoms with Crippen LogP contribution >= 0.6 is 0 Å². The molecule has 0 aliphatic carbocycles. The Morgan fingerprint density at radius 1 is 1.00 bits per heavy atom. The molecule has 0 radical (unpaired) electrons. The lowest BCUT2D eigenvalue weighted by molar-refractivity contribution is 0.0299. The maximum atomic E-state index is 12.6. The van der Waals surface area contributed by atoms with Crippen molar-refractivity contribution in [3.63, 3.8) is 0 Å². The van der Waals surface area contributed by atoms with E-state index in [2.05, 4.69) is 41.1 Å². The van der Waals surface area contributed by atoms with Gasteiger partial charge in [-0.1, -0.05) is 30.7 Å². The van der Waals surface area contributed by atoms with Crippen LogP contribution in [0.15, 0.2) is 36.5 Å². The van der Waals surface area contributed by atoms with Gasteiger partial charge in [0.15, 0.2) is 0 Å². The summed E-state index contributed by atoms with van der Waals surface area (Å²) >= 11 is 0. The number of nitrogens with zero attached hydrogens (tertiary/aromatic N) is 2. The van der Waals surface area contributed by atoms with Gasteiger partial charge in [0, 0.05) is 25.3 Å². The Hall–Kier alpha value is -2.11. The van der Waals surface area contributed by atoms with Gasteiger partial charge >= 0.3 is 0 Å². The molecule has 0 saturated carbocycles. The van der Waals surface area contributed by atoms with Crippen molar-refractivity contribution in [3.05, 3.63) is 47.8 Å². The number of piperidine rings is 1. The number of ether oxygens (including phenoxy) is 1. The molecule has 0 spiro atoms. The standard InChI is InChI=1S/C22H29N3O2/c1-17(24-9-3-2-4-10-24)18-5-7-19(8-6-18)20-15-21(23-16-20)22(26)25-11-13-27-14-12-25/h5-8,15-17,23H,2-4,9-14H2,1H3. The number of hydrogen-bond acceptors (Lipinski definition) is 3. The van der Waals surface area contributed by atoms with E-state index < -0.39 is 0 Å². The number of carbonyl (C=O) groups excluding carboxylic acids is 1. The third-order valence-electron chi connectivity index (χ3n) is 5.88. The third-order valence-corrected chi connectivity index (χ3v) is 5.88. The largest absolute Gasteiger partial charge is 0.378 e. The number of carbonyl (C=O) groups is 1. The van der Waals surface area contributed by atoms with Crippen LogP contribution in [0.25, 0.3) is 11.1 Å². The van der Waals surface area contributed by atoms with Gasteiger partial charge in [-0.2, -0.15) is 0 Å². The average molecular weight is 367 g/mol. The number of amides is 1. The van der Waals surface area contributed by atoms with Crippen molar-refractivity contribution in [2.75, 3.05) is 39.4 Å². The normalized spacial score (nSPS) is 19.8. The highest BCUT2D eigenvalue weighted by Crippen LogP contribution is 2.27. The molecule has 2 aliphatic rings. The van der Waals surface area contributed by atoms with Crippen molar-refractivity contribution in [1.29, 1.82) is 0 Å². The Morgan fingerprint density at radius 3 is 2.41 bits per heavy atom. The van der Waals surface area contributed by atoms with Crippen LogP contribution in [0, 0.1) is 0 Å². The first-order valence-corrected chi connectivity index (χ1v) is 10.1. The summed E-state index contributed by atoms with van der Waals surface area (Å²) in [4.78, 5) is 20.2. The zero-order chi connectivity index (χ0) is 18.6. The molecule has 1 unspecified atom stereocenters. The molecule has 144 valence electrons. The van der Waals surface area contributed by atoms with Crippen LogP contribution in [0.5, 0.6) is 0 Å². The first-order chi connectivity index (χ1) is 13.2. The Kier molecular flexibility index (Phi) is 5.60. The summed E-state index contributed by atoms with van der Waals surface area (Å²) in [6, 6.07) is 11.2. The molecule has 1 amide bonds. The highest BCUT2D eigenvalue weighted by Gasteiger charge is 2.21. The molecule has 0 bridgehead atoms. The van der Waals surface area contributed by atoms with E-state index in [0.29, 0.717) is 38.0 Å². The molecular weight excluding hydrogens is 338 g/mol. The topological polar surface area (TPSA) is 48.6 Å². The minimum absolute atomic E-state index is 0.0555. The summed E-state index contributed by atoms with van der Waals surface area (Å²) in [7, 11) is 0. The van der Waals surface area contributed by atoms with Crippen molar-refractivity contribution >= 4 is 5.91 Å². The lowest BCUT2D eigenvalue weighted by Gasteiger charge is -2.32. The maximum absolute atomic E-state index is 12.6. The van der Waals surface area contributed by atoms with Gasteiger partial charge in [0.2, 0.25) is 0 Å². The molecule has 1 atom stereocenters. The molecule has 2 fully saturated rings. The van der Waals surface area contributed by atoms with E-state index in [4.69, 9.17) is 4.74 Å². The molecule has 1 aromatic heterocycles. The van der Waals surface area contributed by atoms with Crippen LogP contribution in [0.1, 0.15) is 48.3 Å². The quantitative estimate of drug-likeness (QED) is 0.896. The minimum atomic E-state index is 0.0555. The molecule has 5 nitrogen and oxygen atoms in total. The summed E-state index contributed by atoms with van der Waals surface area (Å²) < 4.78 is 5.33. The van der Waals surface area contributed by atoms with E-state index in [0.717, 1.165) is 11.1 Å². The lowest BCUT2D eigenvalue weighted by Crippen LogP contribution is -2.40. The number of aromatic nitrogens is 1. The summed E-state index contributed by atoms with van der Waals surface area (Å²) in [5, 5.41) is 0. The number of benzene rings is 1. The van der Waals surface area contributed by atoms with E-state index in [1.807, 2.05) is 17.2 Å². The predicted octanol–water partition coefficient (Wildman–Crippen LogP) is 3.70. The first kappa shape index (κ1) is 18.3. The van der Waals surface area contributed by atoms with Gasteiger partial charge in [-0.15, -0.1) is 0 Å². The number of rotatable bonds is 4. The molecular formula is C22H29N3O2. The van der Waals surface area contributed by atoms with E-state index in [1.54, 1.807) is 0 Å². The fraction of sp³-hybridized carbons (Fsp3) is 0.500. The summed E-state index contributed by atoms with van der Waals surface area (Å²) in [6.07, 6.45) is 5.91. The second kappa shape index (κ2) is 8.28. The van der Waals surface area contributed by atoms with Gasteiger partial charge in [-0.25, -0.2) is 0 Å². The molecule has 4 rings (SSSR count). The maximum Gasteiger partial charge on any atom is 0.270 e. The molecule has 3 heterocycles. The molecule has 2 aromatic rings. The molecule has 5 heteroatoms. The average Bonchev–Trinajstić information content (AvgIpc) is 3.24. The van der Waals surface area contributed by atoms with E-state index in [9.17, 15) is 4.79 Å². The van der Waals surface area contributed by atoms with Gasteiger partial charge in [0.25, 0.3) is 5.91 Å². The second-order valence-electron chi connectivity index (χ2n) is 7.60. The van der Waals surface area contributed by atoms with Crippen molar-refractivity contribution in [2.45, 2.75) is 32.2 Å². The number of hydrogen-bond donors (Lipinski definition) is 1. The summed E-state index contributed by atoms with van der Waals surface area (Å²) in [5.74, 6) is 0.0555. The molecule has 2 aliphatic heterocycles. The molecule has 1 N–H and O–H groups in total. The third kappa shape index (κ3) is 4.09. The SMILES string of the molecule is CC(c1ccc(-c2c[nH]c(C(=O)N3CCOCC3)c2)cc1)N1CCCCC1. The van der Waals surface area contributed by atoms with Crippen molar-refractivity contribution in [2.24, 2.45) is 0 Å². The zero-order valence-corrected chi connectivity index (χ0v) is 16.1. The highest BCUT2D eigenvalue weighted by atomic mass is 16.5. The van der Waals surface area contributed by atoms with Crippen molar-refractivity contribution in [1.82, 2.24) is 14.8 Å². The number of morpholine rings is 1. The van der Waals surface area contributed by atoms with Crippen LogP contribution < -0.4 is 0 Å². The van der Waals surface area contributed by atoms with Crippen LogP contribution in [-0.4, -0.2) is 60.1 Å². The van der Waals surface area contributed by atoms with Crippen LogP contribution in [0.2, 0.25) is 0 Å². The molecule has 1 aromatic carbocycles. The number of likely N-dealkylation sites (tertiary alicyclic amines) is 1. The number of aromatic amines is 1. The minimum Gasteiger partial charge on any atom is -0.378 e. The van der Waals surface area contributed by atoms with Crippen LogP contribution in [0.3, 0.4) is 0 Å². The fourth-order valence-corrected chi connectivity index (χ4v) is 4.09. The van der Waals surface area contributed by atoms with E-state index >= 15 is 0 Å². The predicted molar refractivity (Wildman–Crippen MR) is 107 cm³/mol. The van der Waals surface area contributed by atoms with Gasteiger partial charge in [-0.3, -0.25) is 9.69 Å².